The van der Waals surface area contributed by atoms with Crippen LogP contribution in [0.5, 0.6) is 0 Å². The van der Waals surface area contributed by atoms with Crippen LogP contribution in [-0.2, 0) is 14.3 Å². The van der Waals surface area contributed by atoms with Crippen molar-refractivity contribution in [3.63, 3.8) is 0 Å². The first-order valence-electron chi connectivity index (χ1n) is 7.58. The first kappa shape index (κ1) is 17.7. The minimum absolute atomic E-state index is 0.0996. The first-order chi connectivity index (χ1) is 9.67. The molecule has 0 aliphatic carbocycles. The van der Waals surface area contributed by atoms with Crippen LogP contribution in [0.2, 0.25) is 0 Å². The number of ketones is 1. The molecule has 0 radical (unpaired) electrons. The van der Waals surface area contributed by atoms with Gasteiger partial charge in [0.15, 0.2) is 0 Å². The molecule has 1 heterocycles. The molecule has 1 amide bonds. The Hall–Kier alpha value is -1.39. The summed E-state index contributed by atoms with van der Waals surface area (Å²) in [4.78, 5) is 36.3. The molecular formula is C16H27NO4. The standard InChI is InChI=1S/C16H27NO4/c1-13(19)12-16(8-11-18)6-5-9-17(10-7-16)14(20)21-15(2,3)4/h11H,5-10,12H2,1-4H3. The molecule has 0 N–H and O–H groups in total. The summed E-state index contributed by atoms with van der Waals surface area (Å²) in [6.07, 6.45) is 3.64. The molecule has 1 aliphatic heterocycles. The Kier molecular flexibility index (Phi) is 5.93. The lowest BCUT2D eigenvalue weighted by molar-refractivity contribution is -0.120. The monoisotopic (exact) mass is 297 g/mol. The SMILES string of the molecule is CC(=O)CC1(CC=O)CCCN(C(=O)OC(C)(C)C)CC1. The third-order valence-electron chi connectivity index (χ3n) is 3.84. The Bertz CT molecular complexity index is 400. The fourth-order valence-corrected chi connectivity index (χ4v) is 2.92. The van der Waals surface area contributed by atoms with E-state index in [1.807, 2.05) is 20.8 Å². The summed E-state index contributed by atoms with van der Waals surface area (Å²) in [6.45, 7) is 8.24. The van der Waals surface area contributed by atoms with Crippen LogP contribution >= 0.6 is 0 Å². The molecule has 120 valence electrons. The Morgan fingerprint density at radius 3 is 2.43 bits per heavy atom. The summed E-state index contributed by atoms with van der Waals surface area (Å²) < 4.78 is 5.39. The van der Waals surface area contributed by atoms with Gasteiger partial charge in [-0.25, -0.2) is 4.79 Å². The number of nitrogens with zero attached hydrogens (tertiary/aromatic N) is 1. The largest absolute Gasteiger partial charge is 0.444 e. The van der Waals surface area contributed by atoms with Gasteiger partial charge in [-0.15, -0.1) is 0 Å². The van der Waals surface area contributed by atoms with Crippen LogP contribution < -0.4 is 0 Å². The predicted octanol–water partition coefficient (Wildman–Crippen LogP) is 2.96. The number of ether oxygens (including phenoxy) is 1. The highest BCUT2D eigenvalue weighted by Gasteiger charge is 2.35. The van der Waals surface area contributed by atoms with Crippen molar-refractivity contribution in [1.29, 1.82) is 0 Å². The summed E-state index contributed by atoms with van der Waals surface area (Å²) in [6, 6.07) is 0. The summed E-state index contributed by atoms with van der Waals surface area (Å²) in [5.41, 5.74) is -0.799. The van der Waals surface area contributed by atoms with E-state index in [4.69, 9.17) is 4.74 Å². The van der Waals surface area contributed by atoms with Crippen LogP contribution in [0.25, 0.3) is 0 Å². The number of carbonyl (C=O) groups is 3. The highest BCUT2D eigenvalue weighted by atomic mass is 16.6. The van der Waals surface area contributed by atoms with Crippen molar-refractivity contribution in [3.05, 3.63) is 0 Å². The molecular weight excluding hydrogens is 270 g/mol. The van der Waals surface area contributed by atoms with Crippen molar-refractivity contribution >= 4 is 18.2 Å². The minimum atomic E-state index is -0.511. The van der Waals surface area contributed by atoms with Gasteiger partial charge in [0.25, 0.3) is 0 Å². The van der Waals surface area contributed by atoms with Gasteiger partial charge in [0.2, 0.25) is 0 Å². The number of aldehydes is 1. The van der Waals surface area contributed by atoms with Crippen LogP contribution in [0.3, 0.4) is 0 Å². The molecule has 0 aromatic heterocycles. The van der Waals surface area contributed by atoms with Gasteiger partial charge in [0, 0.05) is 25.9 Å². The van der Waals surface area contributed by atoms with E-state index in [2.05, 4.69) is 0 Å². The molecule has 5 heteroatoms. The van der Waals surface area contributed by atoms with Gasteiger partial charge >= 0.3 is 6.09 Å². The molecule has 1 rings (SSSR count). The molecule has 0 aromatic carbocycles. The molecule has 21 heavy (non-hydrogen) atoms. The zero-order valence-electron chi connectivity index (χ0n) is 13.6. The highest BCUT2D eigenvalue weighted by molar-refractivity contribution is 5.76. The van der Waals surface area contributed by atoms with Gasteiger partial charge in [-0.2, -0.15) is 0 Å². The average Bonchev–Trinajstić information content (AvgIpc) is 2.49. The van der Waals surface area contributed by atoms with E-state index in [-0.39, 0.29) is 17.3 Å². The lowest BCUT2D eigenvalue weighted by Crippen LogP contribution is -2.38. The summed E-state index contributed by atoms with van der Waals surface area (Å²) in [5, 5.41) is 0. The predicted molar refractivity (Wildman–Crippen MR) is 80.1 cm³/mol. The quantitative estimate of drug-likeness (QED) is 0.748. The molecule has 1 atom stereocenters. The van der Waals surface area contributed by atoms with Crippen LogP contribution in [0, 0.1) is 5.41 Å². The third kappa shape index (κ3) is 5.86. The van der Waals surface area contributed by atoms with Gasteiger partial charge in [0.1, 0.15) is 17.7 Å². The maximum atomic E-state index is 12.1. The molecule has 1 unspecified atom stereocenters. The molecule has 0 bridgehead atoms. The number of Topliss-reactive ketones (excluding diaryl/α,β-unsaturated/α-hetero) is 1. The maximum Gasteiger partial charge on any atom is 0.410 e. The van der Waals surface area contributed by atoms with Gasteiger partial charge in [-0.05, 0) is 52.4 Å². The smallest absolute Gasteiger partial charge is 0.410 e. The molecule has 0 spiro atoms. The summed E-state index contributed by atoms with van der Waals surface area (Å²) >= 11 is 0. The number of hydrogen-bond acceptors (Lipinski definition) is 4. The van der Waals surface area contributed by atoms with Crippen molar-refractivity contribution in [2.45, 2.75) is 65.4 Å². The van der Waals surface area contributed by atoms with E-state index >= 15 is 0 Å². The Morgan fingerprint density at radius 1 is 1.24 bits per heavy atom. The van der Waals surface area contributed by atoms with Crippen molar-refractivity contribution in [3.8, 4) is 0 Å². The van der Waals surface area contributed by atoms with Gasteiger partial charge in [-0.3, -0.25) is 0 Å². The normalized spacial score (nSPS) is 23.3. The van der Waals surface area contributed by atoms with E-state index in [1.165, 1.54) is 0 Å². The Balaban J connectivity index is 2.72. The van der Waals surface area contributed by atoms with Gasteiger partial charge < -0.3 is 19.2 Å². The fourth-order valence-electron chi connectivity index (χ4n) is 2.92. The van der Waals surface area contributed by atoms with Crippen molar-refractivity contribution < 1.29 is 19.1 Å². The van der Waals surface area contributed by atoms with Crippen molar-refractivity contribution in [2.75, 3.05) is 13.1 Å². The third-order valence-corrected chi connectivity index (χ3v) is 3.84. The molecule has 5 nitrogen and oxygen atoms in total. The van der Waals surface area contributed by atoms with E-state index in [0.29, 0.717) is 32.4 Å². The van der Waals surface area contributed by atoms with Crippen molar-refractivity contribution in [2.24, 2.45) is 5.41 Å². The second kappa shape index (κ2) is 7.05. The summed E-state index contributed by atoms with van der Waals surface area (Å²) in [7, 11) is 0. The topological polar surface area (TPSA) is 63.7 Å². The van der Waals surface area contributed by atoms with Gasteiger partial charge in [0.05, 0.1) is 0 Å². The lowest BCUT2D eigenvalue weighted by Gasteiger charge is -2.30. The molecule has 0 saturated carbocycles. The zero-order chi connectivity index (χ0) is 16.1. The fraction of sp³-hybridized carbons (Fsp3) is 0.812. The van der Waals surface area contributed by atoms with E-state index in [9.17, 15) is 14.4 Å². The average molecular weight is 297 g/mol. The molecule has 1 saturated heterocycles. The van der Waals surface area contributed by atoms with Crippen molar-refractivity contribution in [1.82, 2.24) is 4.90 Å². The molecule has 1 fully saturated rings. The first-order valence-corrected chi connectivity index (χ1v) is 7.58. The number of amides is 1. The highest BCUT2D eigenvalue weighted by Crippen LogP contribution is 2.38. The lowest BCUT2D eigenvalue weighted by atomic mass is 9.74. The number of hydrogen-bond donors (Lipinski definition) is 0. The number of likely N-dealkylation sites (tertiary alicyclic amines) is 1. The van der Waals surface area contributed by atoms with E-state index in [1.54, 1.807) is 11.8 Å². The number of carbonyl (C=O) groups excluding carboxylic acids is 3. The van der Waals surface area contributed by atoms with Crippen LogP contribution in [0.1, 0.15) is 59.8 Å². The van der Waals surface area contributed by atoms with E-state index in [0.717, 1.165) is 19.1 Å². The van der Waals surface area contributed by atoms with Crippen LogP contribution in [0.4, 0.5) is 4.79 Å². The second-order valence-corrected chi connectivity index (χ2v) is 7.07. The Labute approximate surface area is 127 Å². The van der Waals surface area contributed by atoms with Crippen LogP contribution in [-0.4, -0.2) is 41.8 Å². The van der Waals surface area contributed by atoms with Gasteiger partial charge in [-0.1, -0.05) is 0 Å². The minimum Gasteiger partial charge on any atom is -0.444 e. The summed E-state index contributed by atoms with van der Waals surface area (Å²) in [5.74, 6) is 0.0996. The zero-order valence-corrected chi connectivity index (χ0v) is 13.6. The maximum absolute atomic E-state index is 12.1. The molecule has 1 aliphatic rings. The Morgan fingerprint density at radius 2 is 1.90 bits per heavy atom. The molecule has 0 aromatic rings. The number of rotatable bonds is 4. The van der Waals surface area contributed by atoms with Crippen LogP contribution in [0.15, 0.2) is 0 Å². The van der Waals surface area contributed by atoms with E-state index < -0.39 is 5.60 Å². The second-order valence-electron chi connectivity index (χ2n) is 7.07.